The Morgan fingerprint density at radius 3 is 2.76 bits per heavy atom. The van der Waals surface area contributed by atoms with E-state index in [1.54, 1.807) is 12.5 Å². The molecule has 17 heavy (non-hydrogen) atoms. The summed E-state index contributed by atoms with van der Waals surface area (Å²) >= 11 is 0. The van der Waals surface area contributed by atoms with Crippen molar-refractivity contribution in [1.29, 1.82) is 0 Å². The Morgan fingerprint density at radius 1 is 1.29 bits per heavy atom. The molecule has 0 spiro atoms. The van der Waals surface area contributed by atoms with E-state index in [0.717, 1.165) is 35.7 Å². The van der Waals surface area contributed by atoms with Gasteiger partial charge in [-0.1, -0.05) is 6.92 Å². The van der Waals surface area contributed by atoms with Crippen molar-refractivity contribution in [1.82, 2.24) is 19.7 Å². The molecule has 0 aromatic carbocycles. The Hall–Kier alpha value is -1.91. The smallest absolute Gasteiger partial charge is 0.132 e. The van der Waals surface area contributed by atoms with Gasteiger partial charge in [-0.3, -0.25) is 4.68 Å². The number of rotatable bonds is 4. The fourth-order valence-corrected chi connectivity index (χ4v) is 1.97. The average molecular weight is 231 g/mol. The molecule has 90 valence electrons. The molecule has 2 rings (SSSR count). The summed E-state index contributed by atoms with van der Waals surface area (Å²) in [6.07, 6.45) is 4.29. The van der Waals surface area contributed by atoms with Crippen LogP contribution in [0.15, 0.2) is 18.6 Å². The summed E-state index contributed by atoms with van der Waals surface area (Å²) in [5.74, 6) is 0.890. The Balaban J connectivity index is 2.59. The van der Waals surface area contributed by atoms with Crippen LogP contribution in [0, 0.1) is 0 Å². The van der Waals surface area contributed by atoms with Crippen LogP contribution < -0.4 is 5.32 Å². The van der Waals surface area contributed by atoms with E-state index < -0.39 is 0 Å². The number of anilines is 1. The first-order valence-electron chi connectivity index (χ1n) is 5.85. The summed E-state index contributed by atoms with van der Waals surface area (Å²) in [6, 6.07) is 1.99. The van der Waals surface area contributed by atoms with Gasteiger partial charge in [0.05, 0.1) is 11.4 Å². The summed E-state index contributed by atoms with van der Waals surface area (Å²) in [5, 5.41) is 7.38. The Morgan fingerprint density at radius 2 is 2.12 bits per heavy atom. The molecule has 5 heteroatoms. The highest BCUT2D eigenvalue weighted by Gasteiger charge is 2.13. The number of hydrogen-bond acceptors (Lipinski definition) is 4. The highest BCUT2D eigenvalue weighted by molar-refractivity contribution is 5.65. The first-order chi connectivity index (χ1) is 8.31. The van der Waals surface area contributed by atoms with Crippen LogP contribution in [-0.2, 0) is 13.0 Å². The van der Waals surface area contributed by atoms with Crippen molar-refractivity contribution >= 4 is 5.82 Å². The van der Waals surface area contributed by atoms with Gasteiger partial charge in [-0.25, -0.2) is 9.97 Å². The predicted octanol–water partition coefficient (Wildman–Crippen LogP) is 1.96. The molecule has 0 aliphatic rings. The minimum absolute atomic E-state index is 0.838. The van der Waals surface area contributed by atoms with E-state index in [0.29, 0.717) is 0 Å². The van der Waals surface area contributed by atoms with Gasteiger partial charge in [0.25, 0.3) is 0 Å². The van der Waals surface area contributed by atoms with Crippen molar-refractivity contribution in [2.24, 2.45) is 0 Å². The lowest BCUT2D eigenvalue weighted by atomic mass is 10.1. The van der Waals surface area contributed by atoms with E-state index in [1.165, 1.54) is 0 Å². The molecule has 0 aliphatic carbocycles. The van der Waals surface area contributed by atoms with Crippen molar-refractivity contribution in [3.63, 3.8) is 0 Å². The third kappa shape index (κ3) is 2.00. The fraction of sp³-hybridized carbons (Fsp3) is 0.417. The number of aryl methyl sites for hydroxylation is 1. The van der Waals surface area contributed by atoms with E-state index in [-0.39, 0.29) is 0 Å². The van der Waals surface area contributed by atoms with Crippen LogP contribution in [0.2, 0.25) is 0 Å². The lowest BCUT2D eigenvalue weighted by Gasteiger charge is -2.11. The van der Waals surface area contributed by atoms with Crippen LogP contribution in [0.1, 0.15) is 19.4 Å². The van der Waals surface area contributed by atoms with Gasteiger partial charge in [-0.05, 0) is 19.4 Å². The maximum absolute atomic E-state index is 4.40. The van der Waals surface area contributed by atoms with Crippen LogP contribution in [0.25, 0.3) is 11.4 Å². The highest BCUT2D eigenvalue weighted by atomic mass is 15.3. The predicted molar refractivity (Wildman–Crippen MR) is 67.9 cm³/mol. The van der Waals surface area contributed by atoms with Gasteiger partial charge < -0.3 is 5.32 Å². The summed E-state index contributed by atoms with van der Waals surface area (Å²) < 4.78 is 1.95. The molecule has 2 heterocycles. The quantitative estimate of drug-likeness (QED) is 0.874. The SMILES string of the molecule is CCc1c(NC)ncnc1-c1ccnn1CC. The van der Waals surface area contributed by atoms with Crippen molar-refractivity contribution in [2.75, 3.05) is 12.4 Å². The summed E-state index contributed by atoms with van der Waals surface area (Å²) in [5.41, 5.74) is 3.14. The van der Waals surface area contributed by atoms with Gasteiger partial charge in [0.15, 0.2) is 0 Å². The number of nitrogens with one attached hydrogen (secondary N) is 1. The molecule has 0 unspecified atom stereocenters. The molecule has 0 saturated heterocycles. The van der Waals surface area contributed by atoms with E-state index >= 15 is 0 Å². The maximum Gasteiger partial charge on any atom is 0.132 e. The highest BCUT2D eigenvalue weighted by Crippen LogP contribution is 2.25. The summed E-state index contributed by atoms with van der Waals surface area (Å²) in [6.45, 7) is 5.02. The Labute approximate surface area is 101 Å². The number of aromatic nitrogens is 4. The Bertz CT molecular complexity index is 503. The van der Waals surface area contributed by atoms with E-state index in [9.17, 15) is 0 Å². The fourth-order valence-electron chi connectivity index (χ4n) is 1.97. The third-order valence-corrected chi connectivity index (χ3v) is 2.79. The zero-order chi connectivity index (χ0) is 12.3. The van der Waals surface area contributed by atoms with Crippen LogP contribution >= 0.6 is 0 Å². The van der Waals surface area contributed by atoms with Crippen LogP contribution in [0.5, 0.6) is 0 Å². The van der Waals surface area contributed by atoms with Gasteiger partial charge in [-0.15, -0.1) is 0 Å². The van der Waals surface area contributed by atoms with E-state index in [4.69, 9.17) is 0 Å². The Kier molecular flexibility index (Phi) is 3.37. The number of hydrogen-bond donors (Lipinski definition) is 1. The topological polar surface area (TPSA) is 55.6 Å². The maximum atomic E-state index is 4.40. The first kappa shape index (κ1) is 11.6. The molecule has 2 aromatic heterocycles. The zero-order valence-electron chi connectivity index (χ0n) is 10.4. The normalized spacial score (nSPS) is 10.5. The van der Waals surface area contributed by atoms with E-state index in [1.807, 2.05) is 17.8 Å². The van der Waals surface area contributed by atoms with Gasteiger partial charge in [-0.2, -0.15) is 5.10 Å². The molecule has 0 fully saturated rings. The molecule has 0 aliphatic heterocycles. The second kappa shape index (κ2) is 4.95. The molecule has 1 N–H and O–H groups in total. The minimum atomic E-state index is 0.838. The largest absolute Gasteiger partial charge is 0.373 e. The average Bonchev–Trinajstić information content (AvgIpc) is 2.85. The lowest BCUT2D eigenvalue weighted by molar-refractivity contribution is 0.665. The molecular weight excluding hydrogens is 214 g/mol. The van der Waals surface area contributed by atoms with Gasteiger partial charge >= 0.3 is 0 Å². The molecule has 5 nitrogen and oxygen atoms in total. The van der Waals surface area contributed by atoms with Crippen molar-refractivity contribution < 1.29 is 0 Å². The molecule has 0 bridgehead atoms. The summed E-state index contributed by atoms with van der Waals surface area (Å²) in [4.78, 5) is 8.64. The molecule has 0 atom stereocenters. The van der Waals surface area contributed by atoms with Crippen LogP contribution in [-0.4, -0.2) is 26.8 Å². The lowest BCUT2D eigenvalue weighted by Crippen LogP contribution is -2.06. The van der Waals surface area contributed by atoms with Gasteiger partial charge in [0.1, 0.15) is 12.1 Å². The first-order valence-corrected chi connectivity index (χ1v) is 5.85. The second-order valence-corrected chi connectivity index (χ2v) is 3.69. The van der Waals surface area contributed by atoms with Gasteiger partial charge in [0.2, 0.25) is 0 Å². The van der Waals surface area contributed by atoms with E-state index in [2.05, 4.69) is 34.2 Å². The van der Waals surface area contributed by atoms with Crippen molar-refractivity contribution in [2.45, 2.75) is 26.8 Å². The molecule has 0 saturated carbocycles. The van der Waals surface area contributed by atoms with Crippen molar-refractivity contribution in [3.8, 4) is 11.4 Å². The monoisotopic (exact) mass is 231 g/mol. The molecular formula is C12H17N5. The zero-order valence-corrected chi connectivity index (χ0v) is 10.4. The van der Waals surface area contributed by atoms with Crippen molar-refractivity contribution in [3.05, 3.63) is 24.2 Å². The standard InChI is InChI=1S/C12H17N5/c1-4-9-11(14-8-15-12(9)13-3)10-6-7-16-17(10)5-2/h6-8H,4-5H2,1-3H3,(H,13,14,15). The summed E-state index contributed by atoms with van der Waals surface area (Å²) in [7, 11) is 1.88. The van der Waals surface area contributed by atoms with Crippen LogP contribution in [0.4, 0.5) is 5.82 Å². The molecule has 0 radical (unpaired) electrons. The second-order valence-electron chi connectivity index (χ2n) is 3.69. The van der Waals surface area contributed by atoms with Crippen LogP contribution in [0.3, 0.4) is 0 Å². The molecule has 2 aromatic rings. The number of nitrogens with zero attached hydrogens (tertiary/aromatic N) is 4. The minimum Gasteiger partial charge on any atom is -0.373 e. The molecule has 0 amide bonds. The van der Waals surface area contributed by atoms with Gasteiger partial charge in [0, 0.05) is 25.4 Å². The third-order valence-electron chi connectivity index (χ3n) is 2.79.